The molecule has 0 radical (unpaired) electrons. The van der Waals surface area contributed by atoms with Crippen LogP contribution in [-0.4, -0.2) is 18.1 Å². The van der Waals surface area contributed by atoms with Crippen LogP contribution in [0, 0.1) is 5.92 Å². The zero-order valence-electron chi connectivity index (χ0n) is 14.2. The largest absolute Gasteiger partial charge is 0.465 e. The van der Waals surface area contributed by atoms with Gasteiger partial charge < -0.3 is 4.74 Å². The van der Waals surface area contributed by atoms with E-state index in [9.17, 15) is 4.79 Å². The highest BCUT2D eigenvalue weighted by Gasteiger charge is 2.14. The summed E-state index contributed by atoms with van der Waals surface area (Å²) in [6.07, 6.45) is 1.05. The predicted octanol–water partition coefficient (Wildman–Crippen LogP) is 4.89. The van der Waals surface area contributed by atoms with Gasteiger partial charge in [-0.05, 0) is 30.0 Å². The topological polar surface area (TPSA) is 39.2 Å². The van der Waals surface area contributed by atoms with Gasteiger partial charge in [0.05, 0.1) is 23.9 Å². The molecule has 0 saturated heterocycles. The normalized spacial score (nSPS) is 11.0. The minimum absolute atomic E-state index is 0.341. The highest BCUT2D eigenvalue weighted by Crippen LogP contribution is 2.26. The zero-order chi connectivity index (χ0) is 17.1. The Morgan fingerprint density at radius 3 is 2.46 bits per heavy atom. The third-order valence-electron chi connectivity index (χ3n) is 4.02. The van der Waals surface area contributed by atoms with Crippen molar-refractivity contribution in [2.45, 2.75) is 20.3 Å². The minimum Gasteiger partial charge on any atom is -0.465 e. The molecular formula is C21H21NO2. The summed E-state index contributed by atoms with van der Waals surface area (Å²) in [7, 11) is 1.40. The Morgan fingerprint density at radius 1 is 1.08 bits per heavy atom. The van der Waals surface area contributed by atoms with Gasteiger partial charge in [-0.1, -0.05) is 56.3 Å². The maximum absolute atomic E-state index is 12.1. The van der Waals surface area contributed by atoms with Crippen LogP contribution in [0.1, 0.15) is 29.8 Å². The number of benzene rings is 2. The van der Waals surface area contributed by atoms with E-state index in [4.69, 9.17) is 9.72 Å². The lowest BCUT2D eigenvalue weighted by Gasteiger charge is -2.10. The van der Waals surface area contributed by atoms with Gasteiger partial charge in [0.25, 0.3) is 0 Å². The summed E-state index contributed by atoms with van der Waals surface area (Å²) in [5.74, 6) is 0.284. The molecule has 0 aliphatic heterocycles. The van der Waals surface area contributed by atoms with Crippen molar-refractivity contribution in [2.24, 2.45) is 5.92 Å². The lowest BCUT2D eigenvalue weighted by molar-refractivity contribution is 0.0603. The Hall–Kier alpha value is -2.68. The molecule has 122 valence electrons. The minimum atomic E-state index is -0.341. The fourth-order valence-corrected chi connectivity index (χ4v) is 2.89. The fourth-order valence-electron chi connectivity index (χ4n) is 2.89. The fraction of sp³-hybridized carbons (Fsp3) is 0.238. The molecule has 0 unspecified atom stereocenters. The molecule has 0 fully saturated rings. The molecular weight excluding hydrogens is 298 g/mol. The smallest absolute Gasteiger partial charge is 0.338 e. The molecule has 24 heavy (non-hydrogen) atoms. The van der Waals surface area contributed by atoms with Gasteiger partial charge in [-0.25, -0.2) is 9.78 Å². The second-order valence-electron chi connectivity index (χ2n) is 6.36. The third kappa shape index (κ3) is 3.30. The van der Waals surface area contributed by atoms with Crippen LogP contribution in [0.3, 0.4) is 0 Å². The summed E-state index contributed by atoms with van der Waals surface area (Å²) in [6.45, 7) is 4.42. The Labute approximate surface area is 142 Å². The second kappa shape index (κ2) is 6.83. The number of carbonyl (C=O) groups is 1. The van der Waals surface area contributed by atoms with Crippen LogP contribution in [0.4, 0.5) is 0 Å². The third-order valence-corrected chi connectivity index (χ3v) is 4.02. The van der Waals surface area contributed by atoms with Crippen molar-refractivity contribution in [1.29, 1.82) is 0 Å². The van der Waals surface area contributed by atoms with E-state index in [0.29, 0.717) is 11.5 Å². The van der Waals surface area contributed by atoms with Gasteiger partial charge in [-0.3, -0.25) is 0 Å². The molecule has 0 N–H and O–H groups in total. The molecule has 2 aromatic carbocycles. The van der Waals surface area contributed by atoms with E-state index in [2.05, 4.69) is 38.1 Å². The number of ether oxygens (including phenoxy) is 1. The molecule has 3 rings (SSSR count). The molecule has 0 amide bonds. The van der Waals surface area contributed by atoms with E-state index >= 15 is 0 Å². The highest BCUT2D eigenvalue weighted by atomic mass is 16.5. The molecule has 1 aromatic heterocycles. The summed E-state index contributed by atoms with van der Waals surface area (Å²) >= 11 is 0. The molecule has 3 nitrogen and oxygen atoms in total. The zero-order valence-corrected chi connectivity index (χ0v) is 14.2. The van der Waals surface area contributed by atoms with Crippen molar-refractivity contribution in [3.05, 3.63) is 65.7 Å². The molecule has 0 saturated carbocycles. The van der Waals surface area contributed by atoms with Gasteiger partial charge in [-0.15, -0.1) is 0 Å². The summed E-state index contributed by atoms with van der Waals surface area (Å²) in [6, 6.07) is 17.8. The van der Waals surface area contributed by atoms with Gasteiger partial charge in [0.15, 0.2) is 0 Å². The lowest BCUT2D eigenvalue weighted by atomic mass is 9.99. The van der Waals surface area contributed by atoms with Crippen LogP contribution in [0.15, 0.2) is 54.6 Å². The molecule has 0 aliphatic carbocycles. The van der Waals surface area contributed by atoms with Gasteiger partial charge >= 0.3 is 5.97 Å². The number of hydrogen-bond donors (Lipinski definition) is 0. The summed E-state index contributed by atoms with van der Waals surface area (Å²) in [4.78, 5) is 16.8. The molecule has 0 aliphatic rings. The van der Waals surface area contributed by atoms with Crippen LogP contribution in [0.5, 0.6) is 0 Å². The van der Waals surface area contributed by atoms with E-state index in [1.165, 1.54) is 12.7 Å². The molecule has 1 heterocycles. The first kappa shape index (κ1) is 16.2. The number of hydrogen-bond acceptors (Lipinski definition) is 3. The van der Waals surface area contributed by atoms with Crippen molar-refractivity contribution in [2.75, 3.05) is 7.11 Å². The summed E-state index contributed by atoms with van der Waals surface area (Å²) in [5.41, 5.74) is 4.43. The number of nitrogens with zero attached hydrogens (tertiary/aromatic N) is 1. The SMILES string of the molecule is COC(=O)c1cc(-c2ccc(CC(C)C)cc2)nc2ccccc12. The number of carbonyl (C=O) groups excluding carboxylic acids is 1. The number of pyridine rings is 1. The monoisotopic (exact) mass is 319 g/mol. The van der Waals surface area contributed by atoms with Crippen molar-refractivity contribution >= 4 is 16.9 Å². The van der Waals surface area contributed by atoms with Crippen molar-refractivity contribution in [1.82, 2.24) is 4.98 Å². The van der Waals surface area contributed by atoms with Gasteiger partial charge in [0, 0.05) is 10.9 Å². The van der Waals surface area contributed by atoms with Crippen LogP contribution in [-0.2, 0) is 11.2 Å². The molecule has 0 atom stereocenters. The number of esters is 1. The number of aromatic nitrogens is 1. The maximum atomic E-state index is 12.1. The second-order valence-corrected chi connectivity index (χ2v) is 6.36. The van der Waals surface area contributed by atoms with Gasteiger partial charge in [-0.2, -0.15) is 0 Å². The van der Waals surface area contributed by atoms with Gasteiger partial charge in [0.2, 0.25) is 0 Å². The standard InChI is InChI=1S/C21H21NO2/c1-14(2)12-15-8-10-16(11-9-15)20-13-18(21(23)24-3)17-6-4-5-7-19(17)22-20/h4-11,13-14H,12H2,1-3H3. The molecule has 0 bridgehead atoms. The Morgan fingerprint density at radius 2 is 1.79 bits per heavy atom. The van der Waals surface area contributed by atoms with E-state index in [-0.39, 0.29) is 5.97 Å². The maximum Gasteiger partial charge on any atom is 0.338 e. The van der Waals surface area contributed by atoms with Crippen molar-refractivity contribution in [3.63, 3.8) is 0 Å². The van der Waals surface area contributed by atoms with E-state index in [0.717, 1.165) is 28.6 Å². The van der Waals surface area contributed by atoms with E-state index < -0.39 is 0 Å². The van der Waals surface area contributed by atoms with Crippen LogP contribution < -0.4 is 0 Å². The van der Waals surface area contributed by atoms with Gasteiger partial charge in [0.1, 0.15) is 0 Å². The Kier molecular flexibility index (Phi) is 4.61. The first-order valence-electron chi connectivity index (χ1n) is 8.16. The quantitative estimate of drug-likeness (QED) is 0.643. The molecule has 3 heteroatoms. The lowest BCUT2D eigenvalue weighted by Crippen LogP contribution is -2.03. The van der Waals surface area contributed by atoms with E-state index in [1.54, 1.807) is 0 Å². The number of fused-ring (bicyclic) bond motifs is 1. The van der Waals surface area contributed by atoms with Crippen molar-refractivity contribution < 1.29 is 9.53 Å². The average molecular weight is 319 g/mol. The molecule has 0 spiro atoms. The number of rotatable bonds is 4. The van der Waals surface area contributed by atoms with Crippen LogP contribution in [0.25, 0.3) is 22.2 Å². The summed E-state index contributed by atoms with van der Waals surface area (Å²) < 4.78 is 4.93. The number of methoxy groups -OCH3 is 1. The predicted molar refractivity (Wildman–Crippen MR) is 97.1 cm³/mol. The molecule has 3 aromatic rings. The first-order valence-corrected chi connectivity index (χ1v) is 8.16. The van der Waals surface area contributed by atoms with Crippen LogP contribution in [0.2, 0.25) is 0 Å². The summed E-state index contributed by atoms with van der Waals surface area (Å²) in [5, 5.41) is 0.810. The Balaban J connectivity index is 2.07. The Bertz CT molecular complexity index is 867. The highest BCUT2D eigenvalue weighted by molar-refractivity contribution is 6.04. The average Bonchev–Trinajstić information content (AvgIpc) is 2.60. The van der Waals surface area contributed by atoms with E-state index in [1.807, 2.05) is 30.3 Å². The van der Waals surface area contributed by atoms with Crippen LogP contribution >= 0.6 is 0 Å². The van der Waals surface area contributed by atoms with Crippen molar-refractivity contribution in [3.8, 4) is 11.3 Å². The number of para-hydroxylation sites is 1. The first-order chi connectivity index (χ1) is 11.6.